The number of pyridine rings is 1. The van der Waals surface area contributed by atoms with Crippen molar-refractivity contribution in [3.05, 3.63) is 176 Å². The Morgan fingerprint density at radius 2 is 0.979 bits per heavy atom. The summed E-state index contributed by atoms with van der Waals surface area (Å²) in [5, 5.41) is 4.87. The normalized spacial score (nSPS) is 11.4. The predicted molar refractivity (Wildman–Crippen MR) is 196 cm³/mol. The number of aromatic nitrogens is 3. The lowest BCUT2D eigenvalue weighted by Crippen LogP contribution is -1.99. The highest BCUT2D eigenvalue weighted by atomic mass is 15.1. The second-order valence-corrected chi connectivity index (χ2v) is 11.8. The molecule has 0 saturated carbocycles. The molecule has 220 valence electrons. The molecule has 0 N–H and O–H groups in total. The van der Waals surface area contributed by atoms with Crippen LogP contribution in [0.1, 0.15) is 0 Å². The lowest BCUT2D eigenvalue weighted by Gasteiger charge is -2.20. The molecule has 0 radical (unpaired) electrons. The third-order valence-electron chi connectivity index (χ3n) is 9.11. The Hall–Kier alpha value is -6.32. The first kappa shape index (κ1) is 27.0. The number of hydrogen-bond acceptors (Lipinski definition) is 2. The fourth-order valence-corrected chi connectivity index (χ4v) is 7.07. The SMILES string of the molecule is c1ccc(-n2c(-c3ccccc3-c3c4ccccc4c(-c4cccc(-c5ccncc5)c4)c4ccccc34)nc3ccccc32)cc1. The minimum absolute atomic E-state index is 0.926. The number of fused-ring (bicyclic) bond motifs is 3. The van der Waals surface area contributed by atoms with Crippen LogP contribution in [0.3, 0.4) is 0 Å². The molecule has 0 fully saturated rings. The number of rotatable bonds is 5. The van der Waals surface area contributed by atoms with Crippen molar-refractivity contribution in [2.75, 3.05) is 0 Å². The minimum Gasteiger partial charge on any atom is -0.292 e. The van der Waals surface area contributed by atoms with Gasteiger partial charge in [-0.05, 0) is 97.4 Å². The molecule has 0 aliphatic rings. The minimum atomic E-state index is 0.926. The highest BCUT2D eigenvalue weighted by Gasteiger charge is 2.22. The number of imidazole rings is 1. The fraction of sp³-hybridized carbons (Fsp3) is 0. The number of hydrogen-bond donors (Lipinski definition) is 0. The van der Waals surface area contributed by atoms with E-state index >= 15 is 0 Å². The summed E-state index contributed by atoms with van der Waals surface area (Å²) in [6, 6.07) is 58.3. The first-order valence-electron chi connectivity index (χ1n) is 15.9. The molecule has 3 heteroatoms. The van der Waals surface area contributed by atoms with E-state index < -0.39 is 0 Å². The van der Waals surface area contributed by atoms with Crippen LogP contribution in [0.2, 0.25) is 0 Å². The molecule has 0 unspecified atom stereocenters. The van der Waals surface area contributed by atoms with Crippen molar-refractivity contribution in [1.29, 1.82) is 0 Å². The zero-order valence-electron chi connectivity index (χ0n) is 25.6. The summed E-state index contributed by atoms with van der Waals surface area (Å²) in [4.78, 5) is 9.50. The van der Waals surface area contributed by atoms with E-state index in [0.29, 0.717) is 0 Å². The monoisotopic (exact) mass is 599 g/mol. The Labute approximate surface area is 273 Å². The second kappa shape index (κ2) is 11.2. The van der Waals surface area contributed by atoms with Gasteiger partial charge in [0.15, 0.2) is 0 Å². The average Bonchev–Trinajstić information content (AvgIpc) is 3.54. The molecule has 7 aromatic carbocycles. The molecule has 0 aliphatic heterocycles. The second-order valence-electron chi connectivity index (χ2n) is 11.8. The van der Waals surface area contributed by atoms with Crippen molar-refractivity contribution in [3.63, 3.8) is 0 Å². The van der Waals surface area contributed by atoms with Gasteiger partial charge >= 0.3 is 0 Å². The molecule has 9 aromatic rings. The maximum absolute atomic E-state index is 5.27. The van der Waals surface area contributed by atoms with E-state index in [1.807, 2.05) is 12.4 Å². The Morgan fingerprint density at radius 3 is 1.70 bits per heavy atom. The first-order chi connectivity index (χ1) is 23.3. The van der Waals surface area contributed by atoms with Crippen LogP contribution in [0.15, 0.2) is 176 Å². The van der Waals surface area contributed by atoms with Crippen LogP contribution >= 0.6 is 0 Å². The fourth-order valence-electron chi connectivity index (χ4n) is 7.07. The van der Waals surface area contributed by atoms with Gasteiger partial charge in [0.2, 0.25) is 0 Å². The lowest BCUT2D eigenvalue weighted by atomic mass is 9.84. The van der Waals surface area contributed by atoms with E-state index in [2.05, 4.69) is 173 Å². The van der Waals surface area contributed by atoms with Crippen LogP contribution in [0.4, 0.5) is 0 Å². The van der Waals surface area contributed by atoms with Crippen molar-refractivity contribution in [3.8, 4) is 50.5 Å². The van der Waals surface area contributed by atoms with Crippen LogP contribution in [0, 0.1) is 0 Å². The topological polar surface area (TPSA) is 30.7 Å². The molecule has 47 heavy (non-hydrogen) atoms. The van der Waals surface area contributed by atoms with E-state index in [0.717, 1.165) is 39.2 Å². The smallest absolute Gasteiger partial charge is 0.146 e. The Bertz CT molecular complexity index is 2510. The molecule has 0 aliphatic carbocycles. The maximum Gasteiger partial charge on any atom is 0.146 e. The zero-order chi connectivity index (χ0) is 31.2. The summed E-state index contributed by atoms with van der Waals surface area (Å²) in [6.45, 7) is 0. The van der Waals surface area contributed by atoms with Gasteiger partial charge in [-0.2, -0.15) is 0 Å². The summed E-state index contributed by atoms with van der Waals surface area (Å²) in [5.74, 6) is 0.926. The highest BCUT2D eigenvalue weighted by molar-refractivity contribution is 6.22. The summed E-state index contributed by atoms with van der Waals surface area (Å²) in [6.07, 6.45) is 3.70. The van der Waals surface area contributed by atoms with Gasteiger partial charge in [-0.3, -0.25) is 9.55 Å². The zero-order valence-corrected chi connectivity index (χ0v) is 25.6. The van der Waals surface area contributed by atoms with Gasteiger partial charge in [0.05, 0.1) is 11.0 Å². The maximum atomic E-state index is 5.27. The quantitative estimate of drug-likeness (QED) is 0.184. The Kier molecular flexibility index (Phi) is 6.46. The van der Waals surface area contributed by atoms with E-state index in [1.165, 1.54) is 43.8 Å². The third kappa shape index (κ3) is 4.52. The average molecular weight is 600 g/mol. The molecule has 0 saturated heterocycles. The van der Waals surface area contributed by atoms with Gasteiger partial charge in [-0.1, -0.05) is 121 Å². The number of para-hydroxylation sites is 3. The van der Waals surface area contributed by atoms with E-state index in [4.69, 9.17) is 4.98 Å². The molecule has 0 atom stereocenters. The standard InChI is InChI=1S/C44H29N3/c1-2-15-33(16-3-1)47-41-24-11-10-23-40(41)46-44(47)39-22-9-8-21-38(39)43-36-19-6-4-17-34(36)42(35-18-5-7-20-37(35)43)32-14-12-13-31(29-32)30-25-27-45-28-26-30/h1-29H. The number of nitrogens with zero attached hydrogens (tertiary/aromatic N) is 3. The third-order valence-corrected chi connectivity index (χ3v) is 9.11. The predicted octanol–water partition coefficient (Wildman–Crippen LogP) is 11.4. The van der Waals surface area contributed by atoms with Crippen LogP contribution < -0.4 is 0 Å². The summed E-state index contributed by atoms with van der Waals surface area (Å²) >= 11 is 0. The molecule has 0 amide bonds. The van der Waals surface area contributed by atoms with Gasteiger partial charge in [0.25, 0.3) is 0 Å². The molecule has 2 aromatic heterocycles. The van der Waals surface area contributed by atoms with Gasteiger partial charge in [-0.25, -0.2) is 4.98 Å². The summed E-state index contributed by atoms with van der Waals surface area (Å²) < 4.78 is 2.29. The molecular weight excluding hydrogens is 571 g/mol. The Balaban J connectivity index is 1.35. The van der Waals surface area contributed by atoms with Crippen molar-refractivity contribution >= 4 is 32.6 Å². The molecule has 2 heterocycles. The molecule has 0 bridgehead atoms. The number of benzene rings is 7. The van der Waals surface area contributed by atoms with Gasteiger partial charge < -0.3 is 0 Å². The molecule has 0 spiro atoms. The van der Waals surface area contributed by atoms with E-state index in [-0.39, 0.29) is 0 Å². The van der Waals surface area contributed by atoms with Crippen LogP contribution in [-0.2, 0) is 0 Å². The van der Waals surface area contributed by atoms with E-state index in [9.17, 15) is 0 Å². The Morgan fingerprint density at radius 1 is 0.404 bits per heavy atom. The van der Waals surface area contributed by atoms with Crippen molar-refractivity contribution < 1.29 is 0 Å². The summed E-state index contributed by atoms with van der Waals surface area (Å²) in [7, 11) is 0. The van der Waals surface area contributed by atoms with Gasteiger partial charge in [-0.15, -0.1) is 0 Å². The highest BCUT2D eigenvalue weighted by Crippen LogP contribution is 2.46. The van der Waals surface area contributed by atoms with Crippen molar-refractivity contribution in [2.45, 2.75) is 0 Å². The van der Waals surface area contributed by atoms with E-state index in [1.54, 1.807) is 0 Å². The van der Waals surface area contributed by atoms with Crippen molar-refractivity contribution in [2.24, 2.45) is 0 Å². The van der Waals surface area contributed by atoms with Crippen molar-refractivity contribution in [1.82, 2.24) is 14.5 Å². The van der Waals surface area contributed by atoms with Gasteiger partial charge in [0.1, 0.15) is 5.82 Å². The van der Waals surface area contributed by atoms with Crippen LogP contribution in [-0.4, -0.2) is 14.5 Å². The van der Waals surface area contributed by atoms with Gasteiger partial charge in [0, 0.05) is 23.6 Å². The lowest BCUT2D eigenvalue weighted by molar-refractivity contribution is 1.10. The molecule has 9 rings (SSSR count). The molecule has 3 nitrogen and oxygen atoms in total. The first-order valence-corrected chi connectivity index (χ1v) is 15.9. The van der Waals surface area contributed by atoms with Crippen LogP contribution in [0.5, 0.6) is 0 Å². The molecular formula is C44H29N3. The summed E-state index contributed by atoms with van der Waals surface area (Å²) in [5.41, 5.74) is 11.4. The van der Waals surface area contributed by atoms with Crippen LogP contribution in [0.25, 0.3) is 83.0 Å². The largest absolute Gasteiger partial charge is 0.292 e.